The molecule has 56 valence electrons. The summed E-state index contributed by atoms with van der Waals surface area (Å²) >= 11 is 0. The highest BCUT2D eigenvalue weighted by Crippen LogP contribution is 1.93. The largest absolute Gasteiger partial charge is 0.303 e. The number of hydrogen-bond donors (Lipinski definition) is 0. The van der Waals surface area contributed by atoms with Gasteiger partial charge in [-0.15, -0.1) is 0 Å². The summed E-state index contributed by atoms with van der Waals surface area (Å²) < 4.78 is 0. The predicted octanol–water partition coefficient (Wildman–Crippen LogP) is 1.15. The Kier molecular flexibility index (Phi) is 5.23. The summed E-state index contributed by atoms with van der Waals surface area (Å²) in [7, 11) is 0. The molecule has 0 radical (unpaired) electrons. The van der Waals surface area contributed by atoms with Gasteiger partial charge in [-0.25, -0.2) is 0 Å². The monoisotopic (exact) mass is 143 g/mol. The van der Waals surface area contributed by atoms with Crippen molar-refractivity contribution in [2.24, 2.45) is 0 Å². The van der Waals surface area contributed by atoms with Crippen LogP contribution >= 0.6 is 0 Å². The molecule has 0 aliphatic carbocycles. The van der Waals surface area contributed by atoms with Gasteiger partial charge < -0.3 is 4.79 Å². The lowest BCUT2D eigenvalue weighted by Crippen LogP contribution is -1.82. The molecular formula is C6H9NO3. The summed E-state index contributed by atoms with van der Waals surface area (Å²) in [5.74, 6) is 0. The lowest BCUT2D eigenvalue weighted by molar-refractivity contribution is -0.402. The first kappa shape index (κ1) is 8.81. The molecule has 0 saturated heterocycles. The van der Waals surface area contributed by atoms with Crippen LogP contribution < -0.4 is 0 Å². The number of carbonyl (C=O) groups is 1. The number of carbonyl (C=O) groups excluding carboxylic acids is 1. The number of unbranched alkanes of at least 4 members (excludes halogenated alkanes) is 2. The zero-order valence-corrected chi connectivity index (χ0v) is 5.53. The molecule has 0 saturated carbocycles. The number of rotatable bonds is 5. The molecule has 0 aromatic heterocycles. The first-order valence-electron chi connectivity index (χ1n) is 3.01. The fourth-order valence-electron chi connectivity index (χ4n) is 0.480. The van der Waals surface area contributed by atoms with E-state index < -0.39 is 4.92 Å². The van der Waals surface area contributed by atoms with Crippen molar-refractivity contribution in [3.05, 3.63) is 22.4 Å². The van der Waals surface area contributed by atoms with Crippen molar-refractivity contribution in [1.29, 1.82) is 0 Å². The van der Waals surface area contributed by atoms with Crippen LogP contribution in [0.2, 0.25) is 0 Å². The minimum absolute atomic E-state index is 0.474. The molecular weight excluding hydrogens is 134 g/mol. The standard InChI is InChI=1S/C6H9NO3/c8-6-4-2-1-3-5-7(9)10/h3,5-6H,1-2,4H2. The molecule has 0 unspecified atom stereocenters. The summed E-state index contributed by atoms with van der Waals surface area (Å²) in [5, 5.41) is 9.68. The second-order valence-corrected chi connectivity index (χ2v) is 1.77. The van der Waals surface area contributed by atoms with Gasteiger partial charge in [0.25, 0.3) is 0 Å². The normalized spacial score (nSPS) is 10.0. The summed E-state index contributed by atoms with van der Waals surface area (Å²) in [4.78, 5) is 18.9. The third-order valence-electron chi connectivity index (χ3n) is 0.920. The smallest absolute Gasteiger partial charge is 0.230 e. The van der Waals surface area contributed by atoms with Gasteiger partial charge in [-0.2, -0.15) is 0 Å². The molecule has 0 heterocycles. The maximum atomic E-state index is 9.74. The fourth-order valence-corrected chi connectivity index (χ4v) is 0.480. The van der Waals surface area contributed by atoms with Crippen LogP contribution in [0.15, 0.2) is 12.3 Å². The van der Waals surface area contributed by atoms with Crippen LogP contribution in [0.3, 0.4) is 0 Å². The first-order chi connectivity index (χ1) is 4.77. The van der Waals surface area contributed by atoms with Crippen LogP contribution in [0.25, 0.3) is 0 Å². The second kappa shape index (κ2) is 5.94. The zero-order chi connectivity index (χ0) is 7.82. The van der Waals surface area contributed by atoms with Crippen molar-refractivity contribution in [3.63, 3.8) is 0 Å². The van der Waals surface area contributed by atoms with E-state index in [1.807, 2.05) is 0 Å². The summed E-state index contributed by atoms with van der Waals surface area (Å²) in [5.41, 5.74) is 0. The molecule has 0 rings (SSSR count). The third-order valence-corrected chi connectivity index (χ3v) is 0.920. The van der Waals surface area contributed by atoms with Crippen molar-refractivity contribution in [2.45, 2.75) is 19.3 Å². The number of nitrogens with zero attached hydrogens (tertiary/aromatic N) is 1. The Morgan fingerprint density at radius 3 is 2.60 bits per heavy atom. The molecule has 0 amide bonds. The SMILES string of the molecule is O=CCCCC=C[N+](=O)[O-]. The molecule has 10 heavy (non-hydrogen) atoms. The van der Waals surface area contributed by atoms with Crippen LogP contribution in [0, 0.1) is 10.1 Å². The van der Waals surface area contributed by atoms with Crippen LogP contribution in [0.1, 0.15) is 19.3 Å². The van der Waals surface area contributed by atoms with Gasteiger partial charge in [0.1, 0.15) is 6.29 Å². The highest BCUT2D eigenvalue weighted by molar-refractivity contribution is 5.48. The van der Waals surface area contributed by atoms with E-state index in [9.17, 15) is 14.9 Å². The molecule has 0 aromatic rings. The Labute approximate surface area is 58.7 Å². The average molecular weight is 143 g/mol. The molecule has 0 aliphatic rings. The number of hydrogen-bond acceptors (Lipinski definition) is 3. The van der Waals surface area contributed by atoms with Gasteiger partial charge >= 0.3 is 0 Å². The topological polar surface area (TPSA) is 60.2 Å². The predicted molar refractivity (Wildman–Crippen MR) is 36.0 cm³/mol. The summed E-state index contributed by atoms with van der Waals surface area (Å²) in [6.07, 6.45) is 4.91. The van der Waals surface area contributed by atoms with Crippen LogP contribution in [0.5, 0.6) is 0 Å². The fraction of sp³-hybridized carbons (Fsp3) is 0.500. The molecule has 0 spiro atoms. The quantitative estimate of drug-likeness (QED) is 0.251. The van der Waals surface area contributed by atoms with Gasteiger partial charge in [-0.1, -0.05) is 0 Å². The van der Waals surface area contributed by atoms with Gasteiger partial charge in [0.2, 0.25) is 6.20 Å². The third kappa shape index (κ3) is 6.81. The highest BCUT2D eigenvalue weighted by atomic mass is 16.6. The highest BCUT2D eigenvalue weighted by Gasteiger charge is 1.85. The first-order valence-corrected chi connectivity index (χ1v) is 3.01. The van der Waals surface area contributed by atoms with E-state index in [1.54, 1.807) is 0 Å². The van der Waals surface area contributed by atoms with E-state index in [2.05, 4.69) is 0 Å². The molecule has 0 atom stereocenters. The van der Waals surface area contributed by atoms with E-state index in [-0.39, 0.29) is 0 Å². The second-order valence-electron chi connectivity index (χ2n) is 1.77. The lowest BCUT2D eigenvalue weighted by atomic mass is 10.2. The van der Waals surface area contributed by atoms with Gasteiger partial charge in [-0.05, 0) is 18.9 Å². The Morgan fingerprint density at radius 1 is 1.40 bits per heavy atom. The van der Waals surface area contributed by atoms with Gasteiger partial charge in [0.15, 0.2) is 0 Å². The maximum absolute atomic E-state index is 9.74. The van der Waals surface area contributed by atoms with Crippen molar-refractivity contribution in [2.75, 3.05) is 0 Å². The van der Waals surface area contributed by atoms with E-state index in [0.717, 1.165) is 12.5 Å². The van der Waals surface area contributed by atoms with E-state index >= 15 is 0 Å². The lowest BCUT2D eigenvalue weighted by Gasteiger charge is -1.83. The van der Waals surface area contributed by atoms with E-state index in [0.29, 0.717) is 19.3 Å². The van der Waals surface area contributed by atoms with Crippen molar-refractivity contribution >= 4 is 6.29 Å². The molecule has 0 N–H and O–H groups in total. The Hall–Kier alpha value is -1.19. The summed E-state index contributed by atoms with van der Waals surface area (Å²) in [6, 6.07) is 0. The van der Waals surface area contributed by atoms with Crippen molar-refractivity contribution < 1.29 is 9.72 Å². The molecule has 4 heteroatoms. The van der Waals surface area contributed by atoms with Gasteiger partial charge in [-0.3, -0.25) is 10.1 Å². The van der Waals surface area contributed by atoms with Crippen LogP contribution in [0.4, 0.5) is 0 Å². The average Bonchev–Trinajstić information content (AvgIpc) is 1.87. The number of allylic oxidation sites excluding steroid dienone is 1. The van der Waals surface area contributed by atoms with Crippen LogP contribution in [-0.4, -0.2) is 11.2 Å². The summed E-state index contributed by atoms with van der Waals surface area (Å²) in [6.45, 7) is 0. The molecule has 4 nitrogen and oxygen atoms in total. The minimum Gasteiger partial charge on any atom is -0.303 e. The Bertz CT molecular complexity index is 142. The van der Waals surface area contributed by atoms with Crippen molar-refractivity contribution in [1.82, 2.24) is 0 Å². The van der Waals surface area contributed by atoms with Crippen LogP contribution in [-0.2, 0) is 4.79 Å². The van der Waals surface area contributed by atoms with E-state index in [4.69, 9.17) is 0 Å². The Morgan fingerprint density at radius 2 is 2.10 bits per heavy atom. The van der Waals surface area contributed by atoms with E-state index in [1.165, 1.54) is 6.08 Å². The Balaban J connectivity index is 3.18. The van der Waals surface area contributed by atoms with Gasteiger partial charge in [0, 0.05) is 6.42 Å². The number of nitro groups is 1. The van der Waals surface area contributed by atoms with Crippen molar-refractivity contribution in [3.8, 4) is 0 Å². The minimum atomic E-state index is -0.513. The molecule has 0 aromatic carbocycles. The zero-order valence-electron chi connectivity index (χ0n) is 5.53. The maximum Gasteiger partial charge on any atom is 0.230 e. The van der Waals surface area contributed by atoms with Gasteiger partial charge in [0.05, 0.1) is 4.92 Å². The molecule has 0 aliphatic heterocycles. The number of aldehydes is 1. The molecule has 0 fully saturated rings. The molecule has 0 bridgehead atoms.